The highest BCUT2D eigenvalue weighted by molar-refractivity contribution is 5.97. The van der Waals surface area contributed by atoms with Crippen LogP contribution >= 0.6 is 0 Å². The minimum atomic E-state index is -1.12. The quantitative estimate of drug-likeness (QED) is 0.675. The molecular formula is C16H13NO5. The Morgan fingerprint density at radius 2 is 1.95 bits per heavy atom. The van der Waals surface area contributed by atoms with Crippen LogP contribution in [0.25, 0.3) is 5.57 Å². The van der Waals surface area contributed by atoms with Crippen LogP contribution in [0.15, 0.2) is 49.0 Å². The normalized spacial score (nSPS) is 10.0. The number of nitrogens with zero attached hydrogens (tertiary/aromatic N) is 1. The molecule has 0 saturated carbocycles. The molecule has 6 nitrogen and oxygen atoms in total. The number of methoxy groups -OCH3 is 1. The molecule has 0 aliphatic carbocycles. The number of non-ortho nitro benzene ring substituents is 1. The number of rotatable bonds is 5. The summed E-state index contributed by atoms with van der Waals surface area (Å²) in [7, 11) is 1.44. The van der Waals surface area contributed by atoms with Gasteiger partial charge in [0.1, 0.15) is 5.75 Å². The van der Waals surface area contributed by atoms with Crippen molar-refractivity contribution in [3.63, 3.8) is 0 Å². The average Bonchev–Trinajstić information content (AvgIpc) is 2.53. The van der Waals surface area contributed by atoms with Crippen molar-refractivity contribution < 1.29 is 19.6 Å². The molecule has 22 heavy (non-hydrogen) atoms. The molecule has 0 fully saturated rings. The van der Waals surface area contributed by atoms with Crippen LogP contribution in [0.5, 0.6) is 5.75 Å². The second-order valence-electron chi connectivity index (χ2n) is 4.50. The van der Waals surface area contributed by atoms with Crippen LogP contribution in [0.3, 0.4) is 0 Å². The summed E-state index contributed by atoms with van der Waals surface area (Å²) in [5.41, 5.74) is 1.21. The van der Waals surface area contributed by atoms with Gasteiger partial charge in [-0.3, -0.25) is 10.1 Å². The molecule has 0 amide bonds. The second-order valence-corrected chi connectivity index (χ2v) is 4.50. The van der Waals surface area contributed by atoms with Gasteiger partial charge in [0.2, 0.25) is 0 Å². The number of carbonyl (C=O) groups is 1. The van der Waals surface area contributed by atoms with Gasteiger partial charge in [0.15, 0.2) is 0 Å². The first-order valence-corrected chi connectivity index (χ1v) is 6.29. The Kier molecular flexibility index (Phi) is 4.22. The third kappa shape index (κ3) is 2.95. The molecule has 0 atom stereocenters. The maximum atomic E-state index is 11.4. The molecule has 0 radical (unpaired) electrons. The minimum Gasteiger partial charge on any atom is -0.497 e. The predicted molar refractivity (Wildman–Crippen MR) is 81.2 cm³/mol. The first kappa shape index (κ1) is 15.2. The van der Waals surface area contributed by atoms with Gasteiger partial charge in [0, 0.05) is 12.1 Å². The molecule has 0 heterocycles. The Bertz CT molecular complexity index is 767. The Labute approximate surface area is 126 Å². The molecule has 0 unspecified atom stereocenters. The van der Waals surface area contributed by atoms with Crippen molar-refractivity contribution in [3.05, 3.63) is 75.8 Å². The summed E-state index contributed by atoms with van der Waals surface area (Å²) in [6.07, 6.45) is 0. The summed E-state index contributed by atoms with van der Waals surface area (Å²) in [6.45, 7) is 3.87. The van der Waals surface area contributed by atoms with E-state index in [1.165, 1.54) is 31.4 Å². The number of nitro benzene ring substituents is 1. The van der Waals surface area contributed by atoms with E-state index < -0.39 is 10.9 Å². The van der Waals surface area contributed by atoms with Gasteiger partial charge in [-0.2, -0.15) is 0 Å². The number of carboxylic acids is 1. The maximum absolute atomic E-state index is 11.4. The SMILES string of the molecule is C=C(c1cccc([N+](=O)[O-])c1)c1ccc(OC)cc1C(=O)O. The zero-order valence-corrected chi connectivity index (χ0v) is 11.8. The summed E-state index contributed by atoms with van der Waals surface area (Å²) in [5, 5.41) is 20.2. The van der Waals surface area contributed by atoms with E-state index in [0.29, 0.717) is 22.4 Å². The largest absolute Gasteiger partial charge is 0.497 e. The molecule has 2 aromatic rings. The van der Waals surface area contributed by atoms with Gasteiger partial charge in [-0.15, -0.1) is 0 Å². The summed E-state index contributed by atoms with van der Waals surface area (Å²) >= 11 is 0. The first-order chi connectivity index (χ1) is 10.4. The molecule has 2 rings (SSSR count). The zero-order valence-electron chi connectivity index (χ0n) is 11.8. The number of benzene rings is 2. The minimum absolute atomic E-state index is 0.0239. The van der Waals surface area contributed by atoms with E-state index in [2.05, 4.69) is 6.58 Å². The van der Waals surface area contributed by atoms with Crippen molar-refractivity contribution >= 4 is 17.2 Å². The lowest BCUT2D eigenvalue weighted by atomic mass is 9.94. The summed E-state index contributed by atoms with van der Waals surface area (Å²) in [6, 6.07) is 10.5. The summed E-state index contributed by atoms with van der Waals surface area (Å²) in [4.78, 5) is 21.7. The van der Waals surface area contributed by atoms with Crippen molar-refractivity contribution in [2.75, 3.05) is 7.11 Å². The fraction of sp³-hybridized carbons (Fsp3) is 0.0625. The van der Waals surface area contributed by atoms with Crippen LogP contribution in [-0.2, 0) is 0 Å². The van der Waals surface area contributed by atoms with Crippen LogP contribution < -0.4 is 4.74 Å². The third-order valence-corrected chi connectivity index (χ3v) is 3.19. The molecular weight excluding hydrogens is 286 g/mol. The van der Waals surface area contributed by atoms with E-state index in [4.69, 9.17) is 4.74 Å². The fourth-order valence-corrected chi connectivity index (χ4v) is 2.05. The predicted octanol–water partition coefficient (Wildman–Crippen LogP) is 3.36. The number of ether oxygens (including phenoxy) is 1. The highest BCUT2D eigenvalue weighted by atomic mass is 16.6. The lowest BCUT2D eigenvalue weighted by molar-refractivity contribution is -0.384. The maximum Gasteiger partial charge on any atom is 0.336 e. The molecule has 2 aromatic carbocycles. The van der Waals surface area contributed by atoms with E-state index in [1.807, 2.05) is 0 Å². The highest BCUT2D eigenvalue weighted by Crippen LogP contribution is 2.29. The van der Waals surface area contributed by atoms with Gasteiger partial charge >= 0.3 is 5.97 Å². The van der Waals surface area contributed by atoms with Gasteiger partial charge in [0.25, 0.3) is 5.69 Å². The van der Waals surface area contributed by atoms with Gasteiger partial charge in [-0.25, -0.2) is 4.79 Å². The molecule has 6 heteroatoms. The van der Waals surface area contributed by atoms with Gasteiger partial charge < -0.3 is 9.84 Å². The Morgan fingerprint density at radius 1 is 1.23 bits per heavy atom. The smallest absolute Gasteiger partial charge is 0.336 e. The topological polar surface area (TPSA) is 89.7 Å². The Hall–Kier alpha value is -3.15. The molecule has 0 aliphatic heterocycles. The number of carboxylic acid groups (broad SMARTS) is 1. The third-order valence-electron chi connectivity index (χ3n) is 3.19. The summed E-state index contributed by atoms with van der Waals surface area (Å²) < 4.78 is 5.01. The Balaban J connectivity index is 2.51. The van der Waals surface area contributed by atoms with Gasteiger partial charge in [-0.1, -0.05) is 18.7 Å². The van der Waals surface area contributed by atoms with Crippen LogP contribution in [0, 0.1) is 10.1 Å². The number of hydrogen-bond donors (Lipinski definition) is 1. The van der Waals surface area contributed by atoms with Crippen molar-refractivity contribution in [2.45, 2.75) is 0 Å². The van der Waals surface area contributed by atoms with Gasteiger partial charge in [-0.05, 0) is 34.9 Å². The lowest BCUT2D eigenvalue weighted by Gasteiger charge is -2.11. The van der Waals surface area contributed by atoms with Crippen molar-refractivity contribution in [1.29, 1.82) is 0 Å². The molecule has 0 aliphatic rings. The second kappa shape index (κ2) is 6.09. The van der Waals surface area contributed by atoms with E-state index in [0.717, 1.165) is 0 Å². The molecule has 0 aromatic heterocycles. The van der Waals surface area contributed by atoms with E-state index in [-0.39, 0.29) is 11.3 Å². The van der Waals surface area contributed by atoms with Crippen LogP contribution in [0.4, 0.5) is 5.69 Å². The van der Waals surface area contributed by atoms with E-state index in [1.54, 1.807) is 18.2 Å². The van der Waals surface area contributed by atoms with Crippen molar-refractivity contribution in [1.82, 2.24) is 0 Å². The molecule has 112 valence electrons. The monoisotopic (exact) mass is 299 g/mol. The van der Waals surface area contributed by atoms with Crippen LogP contribution in [-0.4, -0.2) is 23.1 Å². The standard InChI is InChI=1S/C16H13NO5/c1-10(11-4-3-5-12(8-11)17(20)21)14-7-6-13(22-2)9-15(14)16(18)19/h3-9H,1H2,2H3,(H,18,19). The van der Waals surface area contributed by atoms with Crippen molar-refractivity contribution in [2.24, 2.45) is 0 Å². The van der Waals surface area contributed by atoms with Crippen molar-refractivity contribution in [3.8, 4) is 5.75 Å². The van der Waals surface area contributed by atoms with Gasteiger partial charge in [0.05, 0.1) is 17.6 Å². The highest BCUT2D eigenvalue weighted by Gasteiger charge is 2.16. The fourth-order valence-electron chi connectivity index (χ4n) is 2.05. The summed E-state index contributed by atoms with van der Waals surface area (Å²) in [5.74, 6) is -0.714. The Morgan fingerprint density at radius 3 is 2.55 bits per heavy atom. The van der Waals surface area contributed by atoms with Crippen LogP contribution in [0.1, 0.15) is 21.5 Å². The molecule has 0 spiro atoms. The average molecular weight is 299 g/mol. The number of aromatic carboxylic acids is 1. The lowest BCUT2D eigenvalue weighted by Crippen LogP contribution is -2.03. The molecule has 0 saturated heterocycles. The van der Waals surface area contributed by atoms with E-state index in [9.17, 15) is 20.0 Å². The molecule has 1 N–H and O–H groups in total. The first-order valence-electron chi connectivity index (χ1n) is 6.29. The number of hydrogen-bond acceptors (Lipinski definition) is 4. The zero-order chi connectivity index (χ0) is 16.3. The number of nitro groups is 1. The molecule has 0 bridgehead atoms. The van der Waals surface area contributed by atoms with E-state index >= 15 is 0 Å². The van der Waals surface area contributed by atoms with Crippen LogP contribution in [0.2, 0.25) is 0 Å².